The van der Waals surface area contributed by atoms with Gasteiger partial charge in [-0.1, -0.05) is 18.2 Å². The van der Waals surface area contributed by atoms with Crippen LogP contribution < -0.4 is 32.6 Å². The molecule has 3 aromatic heterocycles. The molecule has 1 fully saturated rings. The Labute approximate surface area is 265 Å². The molecule has 21 nitrogen and oxygen atoms in total. The molecule has 48 heavy (non-hydrogen) atoms. The molecule has 6 N–H and O–H groups in total. The molecule has 4 rings (SSSR count). The predicted molar refractivity (Wildman–Crippen MR) is 150 cm³/mol. The van der Waals surface area contributed by atoms with Crippen LogP contribution in [0.5, 0.6) is 0 Å². The zero-order valence-electron chi connectivity index (χ0n) is 24.1. The fraction of sp³-hybridized carbons (Fsp3) is 0.222. The number of hydrogen-bond donors (Lipinski definition) is 6. The Bertz CT molecular complexity index is 1740. The van der Waals surface area contributed by atoms with Crippen molar-refractivity contribution in [2.45, 2.75) is 18.1 Å². The number of cyclic esters (lactones) is 3. The molecule has 0 bridgehead atoms. The third-order valence-corrected chi connectivity index (χ3v) is 6.43. The summed E-state index contributed by atoms with van der Waals surface area (Å²) in [6.07, 6.45) is 0. The molecule has 3 aromatic rings. The lowest BCUT2D eigenvalue weighted by Crippen LogP contribution is -2.53. The minimum Gasteiger partial charge on any atom is -0.461 e. The molecule has 3 unspecified atom stereocenters. The molecular weight excluding hydrogens is 648 g/mol. The Morgan fingerprint density at radius 2 is 0.750 bits per heavy atom. The summed E-state index contributed by atoms with van der Waals surface area (Å²) in [6.45, 7) is -3.00. The minimum atomic E-state index is -1.90. The van der Waals surface area contributed by atoms with Crippen molar-refractivity contribution in [1.82, 2.24) is 30.1 Å². The molecule has 0 aromatic carbocycles. The van der Waals surface area contributed by atoms with E-state index in [9.17, 15) is 58.8 Å². The van der Waals surface area contributed by atoms with E-state index in [1.807, 2.05) is 0 Å². The third-order valence-electron chi connectivity index (χ3n) is 6.43. The molecule has 1 aliphatic heterocycles. The normalized spacial score (nSPS) is 18.5. The molecule has 1 saturated heterocycles. The van der Waals surface area contributed by atoms with Crippen molar-refractivity contribution in [1.29, 1.82) is 0 Å². The van der Waals surface area contributed by atoms with Crippen LogP contribution in [-0.4, -0.2) is 103 Å². The van der Waals surface area contributed by atoms with Gasteiger partial charge in [0.1, 0.15) is 36.9 Å². The summed E-state index contributed by atoms with van der Waals surface area (Å²) in [4.78, 5) is 113. The molecule has 0 saturated carbocycles. The highest BCUT2D eigenvalue weighted by Crippen LogP contribution is 2.06. The number of carbonyl (C=O) groups is 6. The van der Waals surface area contributed by atoms with Crippen molar-refractivity contribution in [2.75, 3.05) is 19.8 Å². The van der Waals surface area contributed by atoms with Gasteiger partial charge in [0.05, 0.1) is 0 Å². The monoisotopic (exact) mass is 672 g/mol. The van der Waals surface area contributed by atoms with Crippen LogP contribution in [0.3, 0.4) is 0 Å². The van der Waals surface area contributed by atoms with E-state index in [1.165, 1.54) is 0 Å². The number of hydrogen-bond acceptors (Lipinski definition) is 15. The Morgan fingerprint density at radius 3 is 1.00 bits per heavy atom. The van der Waals surface area contributed by atoms with E-state index in [-0.39, 0.29) is 14.2 Å². The van der Waals surface area contributed by atoms with Gasteiger partial charge < -0.3 is 45.8 Å². The Morgan fingerprint density at radius 1 is 0.500 bits per heavy atom. The first kappa shape index (κ1) is 34.0. The van der Waals surface area contributed by atoms with E-state index < -0.39 is 107 Å². The van der Waals surface area contributed by atoms with E-state index in [0.717, 1.165) is 54.6 Å². The average molecular weight is 673 g/mol. The first-order chi connectivity index (χ1) is 22.8. The second kappa shape index (κ2) is 14.4. The number of rotatable bonds is 6. The summed E-state index contributed by atoms with van der Waals surface area (Å²) in [7, 11) is 0. The number of amides is 3. The summed E-state index contributed by atoms with van der Waals surface area (Å²) in [5.74, 6) is -7.82. The number of nitrogens with one attached hydrogen (secondary N) is 3. The average Bonchev–Trinajstić information content (AvgIpc) is 3.05. The van der Waals surface area contributed by atoms with Gasteiger partial charge in [-0.05, 0) is 18.2 Å². The Hall–Kier alpha value is -6.93. The summed E-state index contributed by atoms with van der Waals surface area (Å²) in [5, 5.41) is 36.0. The molecule has 4 heterocycles. The topological polar surface area (TPSA) is 293 Å². The second-order valence-corrected chi connectivity index (χ2v) is 9.65. The van der Waals surface area contributed by atoms with Crippen molar-refractivity contribution < 1.29 is 58.6 Å². The highest BCUT2D eigenvalue weighted by Gasteiger charge is 2.34. The number of ether oxygens (including phenoxy) is 3. The largest absolute Gasteiger partial charge is 0.461 e. The molecule has 0 spiro atoms. The van der Waals surface area contributed by atoms with Crippen LogP contribution in [0, 0.1) is 0 Å². The van der Waals surface area contributed by atoms with Crippen LogP contribution in [0.2, 0.25) is 0 Å². The zero-order chi connectivity index (χ0) is 35.1. The first-order valence-corrected chi connectivity index (χ1v) is 13.4. The maximum absolute atomic E-state index is 13.0. The van der Waals surface area contributed by atoms with Gasteiger partial charge in [0.15, 0.2) is 18.1 Å². The lowest BCUT2D eigenvalue weighted by atomic mass is 10.2. The van der Waals surface area contributed by atoms with E-state index in [1.54, 1.807) is 0 Å². The SMILES string of the molecule is O=C(NC1COC(=O)C(NC(=O)c2cccc(=O)n2O)COC(=O)C(NC(=O)c2cccc(=O)n2O)COC1=O)c1cccc(=O)n1O. The van der Waals surface area contributed by atoms with Crippen LogP contribution in [0.4, 0.5) is 0 Å². The smallest absolute Gasteiger partial charge is 0.332 e. The minimum absolute atomic E-state index is 0.0378. The van der Waals surface area contributed by atoms with Gasteiger partial charge in [-0.3, -0.25) is 28.8 Å². The zero-order valence-corrected chi connectivity index (χ0v) is 24.1. The van der Waals surface area contributed by atoms with E-state index in [4.69, 9.17) is 14.2 Å². The summed E-state index contributed by atoms with van der Waals surface area (Å²) >= 11 is 0. The van der Waals surface area contributed by atoms with Gasteiger partial charge in [-0.15, -0.1) is 14.2 Å². The lowest BCUT2D eigenvalue weighted by molar-refractivity contribution is -0.160. The lowest BCUT2D eigenvalue weighted by Gasteiger charge is -2.25. The first-order valence-electron chi connectivity index (χ1n) is 13.4. The molecular formula is C27H24N6O15. The fourth-order valence-corrected chi connectivity index (χ4v) is 3.96. The number of pyridine rings is 3. The van der Waals surface area contributed by atoms with Gasteiger partial charge in [-0.25, -0.2) is 14.4 Å². The highest BCUT2D eigenvalue weighted by molar-refractivity contribution is 5.97. The number of carbonyl (C=O) groups excluding carboxylic acids is 6. The van der Waals surface area contributed by atoms with Crippen LogP contribution in [0.15, 0.2) is 69.0 Å². The van der Waals surface area contributed by atoms with Gasteiger partial charge >= 0.3 is 17.9 Å². The summed E-state index contributed by atoms with van der Waals surface area (Å²) < 4.78 is 15.0. The molecule has 0 radical (unpaired) electrons. The van der Waals surface area contributed by atoms with Crippen LogP contribution in [-0.2, 0) is 28.6 Å². The van der Waals surface area contributed by atoms with Gasteiger partial charge in [0, 0.05) is 18.2 Å². The van der Waals surface area contributed by atoms with Gasteiger partial charge in [-0.2, -0.15) is 0 Å². The van der Waals surface area contributed by atoms with Gasteiger partial charge in [0.25, 0.3) is 34.4 Å². The number of aromatic nitrogens is 3. The molecule has 0 aliphatic carbocycles. The molecule has 1 aliphatic rings. The maximum atomic E-state index is 13.0. The Balaban J connectivity index is 1.64. The summed E-state index contributed by atoms with van der Waals surface area (Å²) in [6, 6.07) is 3.44. The van der Waals surface area contributed by atoms with Gasteiger partial charge in [0.2, 0.25) is 0 Å². The van der Waals surface area contributed by atoms with Crippen molar-refractivity contribution in [3.63, 3.8) is 0 Å². The number of esters is 3. The van der Waals surface area contributed by atoms with Crippen LogP contribution in [0.25, 0.3) is 0 Å². The van der Waals surface area contributed by atoms with E-state index >= 15 is 0 Å². The van der Waals surface area contributed by atoms with Crippen molar-refractivity contribution in [3.8, 4) is 0 Å². The van der Waals surface area contributed by atoms with Crippen molar-refractivity contribution in [3.05, 3.63) is 103 Å². The molecule has 3 amide bonds. The van der Waals surface area contributed by atoms with Crippen LogP contribution >= 0.6 is 0 Å². The standard InChI is InChI=1S/C27H24N6O15/c34-19-7-1-4-16(31(19)43)22(37)28-13-10-46-26(41)15(30-24(39)18-6-3-9-21(36)33(18)45)12-48-27(42)14(11-47-25(13)40)29-23(38)17-5-2-8-20(35)32(17)44/h1-9,13-15,43-45H,10-12H2,(H,28,37)(H,29,38)(H,30,39). The van der Waals surface area contributed by atoms with Crippen molar-refractivity contribution in [2.24, 2.45) is 0 Å². The summed E-state index contributed by atoms with van der Waals surface area (Å²) in [5.41, 5.74) is -4.98. The molecule has 3 atom stereocenters. The predicted octanol–water partition coefficient (Wildman–Crippen LogP) is -3.78. The van der Waals surface area contributed by atoms with Crippen LogP contribution in [0.1, 0.15) is 31.5 Å². The fourth-order valence-electron chi connectivity index (χ4n) is 3.96. The Kier molecular flexibility index (Phi) is 10.2. The van der Waals surface area contributed by atoms with Crippen molar-refractivity contribution >= 4 is 35.6 Å². The maximum Gasteiger partial charge on any atom is 0.332 e. The highest BCUT2D eigenvalue weighted by atomic mass is 16.6. The third kappa shape index (κ3) is 7.64. The second-order valence-electron chi connectivity index (χ2n) is 9.65. The quantitative estimate of drug-likeness (QED) is 0.0832. The van der Waals surface area contributed by atoms with E-state index in [2.05, 4.69) is 16.0 Å². The molecule has 252 valence electrons. The van der Waals surface area contributed by atoms with E-state index in [0.29, 0.717) is 0 Å². The number of nitrogens with zero attached hydrogens (tertiary/aromatic N) is 3. The molecule has 21 heteroatoms.